The van der Waals surface area contributed by atoms with E-state index < -0.39 is 9.84 Å². The van der Waals surface area contributed by atoms with Crippen molar-refractivity contribution in [3.8, 4) is 0 Å². The number of rotatable bonds is 3. The molecule has 0 spiro atoms. The van der Waals surface area contributed by atoms with E-state index in [0.29, 0.717) is 17.4 Å². The minimum Gasteiger partial charge on any atom is -0.396 e. The van der Waals surface area contributed by atoms with Gasteiger partial charge in [-0.15, -0.1) is 0 Å². The topological polar surface area (TPSA) is 54.4 Å². The zero-order chi connectivity index (χ0) is 9.03. The average Bonchev–Trinajstić information content (AvgIpc) is 2.03. The highest BCUT2D eigenvalue weighted by Crippen LogP contribution is 2.22. The molecule has 0 amide bonds. The lowest BCUT2D eigenvalue weighted by Crippen LogP contribution is -2.23. The molecule has 0 aromatic carbocycles. The SMILES string of the molecule is O=S1(=O)CCC(CCCO)CC1. The number of aliphatic hydroxyl groups is 1. The van der Waals surface area contributed by atoms with E-state index in [-0.39, 0.29) is 6.61 Å². The molecule has 0 saturated carbocycles. The molecule has 0 aromatic heterocycles. The van der Waals surface area contributed by atoms with Crippen LogP contribution in [-0.4, -0.2) is 31.6 Å². The second kappa shape index (κ2) is 4.23. The molecule has 1 fully saturated rings. The van der Waals surface area contributed by atoms with Crippen molar-refractivity contribution in [1.29, 1.82) is 0 Å². The molecule has 0 atom stereocenters. The van der Waals surface area contributed by atoms with Gasteiger partial charge in [0.2, 0.25) is 0 Å². The van der Waals surface area contributed by atoms with Gasteiger partial charge in [0, 0.05) is 6.61 Å². The van der Waals surface area contributed by atoms with Gasteiger partial charge in [0.1, 0.15) is 9.84 Å². The maximum Gasteiger partial charge on any atom is 0.150 e. The minimum atomic E-state index is -2.70. The molecule has 1 aliphatic heterocycles. The second-order valence-corrected chi connectivity index (χ2v) is 5.76. The summed E-state index contributed by atoms with van der Waals surface area (Å²) < 4.78 is 22.0. The van der Waals surface area contributed by atoms with Gasteiger partial charge in [0.15, 0.2) is 0 Å². The van der Waals surface area contributed by atoms with Crippen LogP contribution in [0.2, 0.25) is 0 Å². The van der Waals surface area contributed by atoms with E-state index in [2.05, 4.69) is 0 Å². The summed E-state index contributed by atoms with van der Waals surface area (Å²) in [5.41, 5.74) is 0. The molecule has 4 heteroatoms. The summed E-state index contributed by atoms with van der Waals surface area (Å²) in [5.74, 6) is 1.23. The third kappa shape index (κ3) is 3.11. The zero-order valence-corrected chi connectivity index (χ0v) is 8.02. The van der Waals surface area contributed by atoms with Gasteiger partial charge < -0.3 is 5.11 Å². The van der Waals surface area contributed by atoms with Gasteiger partial charge in [-0.1, -0.05) is 0 Å². The molecule has 0 aromatic rings. The van der Waals surface area contributed by atoms with Gasteiger partial charge in [-0.25, -0.2) is 8.42 Å². The maximum absolute atomic E-state index is 11.0. The van der Waals surface area contributed by atoms with Gasteiger partial charge >= 0.3 is 0 Å². The summed E-state index contributed by atoms with van der Waals surface area (Å²) >= 11 is 0. The van der Waals surface area contributed by atoms with E-state index in [1.807, 2.05) is 0 Å². The Bertz CT molecular complexity index is 206. The molecule has 0 bridgehead atoms. The first kappa shape index (κ1) is 9.99. The Morgan fingerprint density at radius 3 is 2.33 bits per heavy atom. The Morgan fingerprint density at radius 1 is 1.25 bits per heavy atom. The molecule has 1 N–H and O–H groups in total. The molecule has 1 aliphatic rings. The van der Waals surface area contributed by atoms with Gasteiger partial charge in [-0.05, 0) is 31.6 Å². The quantitative estimate of drug-likeness (QED) is 0.711. The number of hydrogen-bond acceptors (Lipinski definition) is 3. The molecular formula is C8H16O3S. The van der Waals surface area contributed by atoms with E-state index in [1.165, 1.54) is 0 Å². The summed E-state index contributed by atoms with van der Waals surface area (Å²) in [6, 6.07) is 0. The van der Waals surface area contributed by atoms with Crippen molar-refractivity contribution in [3.05, 3.63) is 0 Å². The predicted molar refractivity (Wildman–Crippen MR) is 47.7 cm³/mol. The fraction of sp³-hybridized carbons (Fsp3) is 1.00. The van der Waals surface area contributed by atoms with Crippen LogP contribution < -0.4 is 0 Å². The molecule has 1 rings (SSSR count). The highest BCUT2D eigenvalue weighted by molar-refractivity contribution is 7.91. The van der Waals surface area contributed by atoms with Gasteiger partial charge in [-0.2, -0.15) is 0 Å². The van der Waals surface area contributed by atoms with Gasteiger partial charge in [0.05, 0.1) is 11.5 Å². The van der Waals surface area contributed by atoms with Crippen LogP contribution >= 0.6 is 0 Å². The van der Waals surface area contributed by atoms with E-state index in [9.17, 15) is 8.42 Å². The number of hydrogen-bond donors (Lipinski definition) is 1. The Balaban J connectivity index is 2.27. The van der Waals surface area contributed by atoms with Crippen molar-refractivity contribution in [2.24, 2.45) is 5.92 Å². The van der Waals surface area contributed by atoms with E-state index in [0.717, 1.165) is 25.7 Å². The van der Waals surface area contributed by atoms with Crippen LogP contribution in [0.15, 0.2) is 0 Å². The van der Waals surface area contributed by atoms with Crippen molar-refractivity contribution in [2.75, 3.05) is 18.1 Å². The molecule has 0 radical (unpaired) electrons. The normalized spacial score (nSPS) is 24.1. The summed E-state index contributed by atoms with van der Waals surface area (Å²) in [5, 5.41) is 8.58. The fourth-order valence-electron chi connectivity index (χ4n) is 1.61. The molecular weight excluding hydrogens is 176 g/mol. The van der Waals surface area contributed by atoms with Gasteiger partial charge in [0.25, 0.3) is 0 Å². The third-order valence-electron chi connectivity index (χ3n) is 2.44. The van der Waals surface area contributed by atoms with E-state index >= 15 is 0 Å². The lowest BCUT2D eigenvalue weighted by atomic mass is 9.97. The van der Waals surface area contributed by atoms with Crippen molar-refractivity contribution in [2.45, 2.75) is 25.7 Å². The molecule has 0 aliphatic carbocycles. The summed E-state index contributed by atoms with van der Waals surface area (Å²) in [6.45, 7) is 0.225. The van der Waals surface area contributed by atoms with Gasteiger partial charge in [-0.3, -0.25) is 0 Å². The molecule has 1 heterocycles. The number of aliphatic hydroxyl groups excluding tert-OH is 1. The van der Waals surface area contributed by atoms with Crippen LogP contribution in [0.3, 0.4) is 0 Å². The van der Waals surface area contributed by atoms with Crippen molar-refractivity contribution in [1.82, 2.24) is 0 Å². The van der Waals surface area contributed by atoms with Crippen LogP contribution in [0.25, 0.3) is 0 Å². The Hall–Kier alpha value is -0.0900. The highest BCUT2D eigenvalue weighted by Gasteiger charge is 2.22. The molecule has 12 heavy (non-hydrogen) atoms. The van der Waals surface area contributed by atoms with Crippen LogP contribution in [0.1, 0.15) is 25.7 Å². The van der Waals surface area contributed by atoms with Crippen molar-refractivity contribution in [3.63, 3.8) is 0 Å². The summed E-state index contributed by atoms with van der Waals surface area (Å²) in [6.07, 6.45) is 3.38. The first-order chi connectivity index (χ1) is 5.64. The predicted octanol–water partition coefficient (Wildman–Crippen LogP) is 0.584. The minimum absolute atomic E-state index is 0.225. The molecule has 1 saturated heterocycles. The largest absolute Gasteiger partial charge is 0.396 e. The van der Waals surface area contributed by atoms with Crippen LogP contribution in [-0.2, 0) is 9.84 Å². The Kier molecular flexibility index (Phi) is 3.53. The average molecular weight is 192 g/mol. The fourth-order valence-corrected chi connectivity index (χ4v) is 3.20. The zero-order valence-electron chi connectivity index (χ0n) is 7.20. The standard InChI is InChI=1S/C8H16O3S/c9-5-1-2-8-3-6-12(10,11)7-4-8/h8-9H,1-7H2. The monoisotopic (exact) mass is 192 g/mol. The molecule has 3 nitrogen and oxygen atoms in total. The maximum atomic E-state index is 11.0. The van der Waals surface area contributed by atoms with Crippen molar-refractivity contribution < 1.29 is 13.5 Å². The third-order valence-corrected chi connectivity index (χ3v) is 4.16. The smallest absolute Gasteiger partial charge is 0.150 e. The van der Waals surface area contributed by atoms with E-state index in [4.69, 9.17) is 5.11 Å². The highest BCUT2D eigenvalue weighted by atomic mass is 32.2. The molecule has 72 valence electrons. The first-order valence-corrected chi connectivity index (χ1v) is 6.27. The van der Waals surface area contributed by atoms with Crippen LogP contribution in [0.4, 0.5) is 0 Å². The van der Waals surface area contributed by atoms with Crippen LogP contribution in [0, 0.1) is 5.92 Å². The molecule has 0 unspecified atom stereocenters. The first-order valence-electron chi connectivity index (χ1n) is 4.45. The Labute approximate surface area is 73.7 Å². The summed E-state index contributed by atoms with van der Waals surface area (Å²) in [7, 11) is -2.70. The second-order valence-electron chi connectivity index (χ2n) is 3.46. The summed E-state index contributed by atoms with van der Waals surface area (Å²) in [4.78, 5) is 0. The number of sulfone groups is 1. The lowest BCUT2D eigenvalue weighted by Gasteiger charge is -2.21. The van der Waals surface area contributed by atoms with Crippen molar-refractivity contribution >= 4 is 9.84 Å². The van der Waals surface area contributed by atoms with E-state index in [1.54, 1.807) is 0 Å². The van der Waals surface area contributed by atoms with Crippen LogP contribution in [0.5, 0.6) is 0 Å². The lowest BCUT2D eigenvalue weighted by molar-refractivity contribution is 0.267. The Morgan fingerprint density at radius 2 is 1.83 bits per heavy atom.